The summed E-state index contributed by atoms with van der Waals surface area (Å²) < 4.78 is 13.8. The summed E-state index contributed by atoms with van der Waals surface area (Å²) in [6.45, 7) is 1.76. The monoisotopic (exact) mass is 288 g/mol. The molecule has 2 fully saturated rings. The van der Waals surface area contributed by atoms with Crippen LogP contribution in [0.5, 0.6) is 0 Å². The summed E-state index contributed by atoms with van der Waals surface area (Å²) >= 11 is 0. The van der Waals surface area contributed by atoms with Crippen molar-refractivity contribution >= 4 is 16.9 Å². The van der Waals surface area contributed by atoms with Gasteiger partial charge in [0.05, 0.1) is 17.4 Å². The quantitative estimate of drug-likeness (QED) is 0.839. The van der Waals surface area contributed by atoms with Gasteiger partial charge in [0.1, 0.15) is 11.3 Å². The standard InChI is InChI=1S/C15H17FN4O/c16-9-5-12(14-13(6-9)18-8-19-14)15(21)20-10-1-2-11(20)7-17-4-3-10/h5-6,8,10-11,17H,1-4,7H2,(H,18,19). The number of fused-ring (bicyclic) bond motifs is 3. The Morgan fingerprint density at radius 3 is 3.05 bits per heavy atom. The number of amides is 1. The van der Waals surface area contributed by atoms with E-state index in [4.69, 9.17) is 0 Å². The number of nitrogens with zero attached hydrogens (tertiary/aromatic N) is 2. The SMILES string of the molecule is O=C(c1cc(F)cc2[nH]cnc12)N1C2CCNCC1CC2. The van der Waals surface area contributed by atoms with Crippen LogP contribution in [0.25, 0.3) is 11.0 Å². The fourth-order valence-corrected chi connectivity index (χ4v) is 3.63. The van der Waals surface area contributed by atoms with Gasteiger partial charge in [-0.3, -0.25) is 4.79 Å². The van der Waals surface area contributed by atoms with Gasteiger partial charge >= 0.3 is 0 Å². The molecule has 110 valence electrons. The van der Waals surface area contributed by atoms with E-state index in [1.54, 1.807) is 0 Å². The second-order valence-corrected chi connectivity index (χ2v) is 5.84. The van der Waals surface area contributed by atoms with Gasteiger partial charge in [-0.05, 0) is 37.9 Å². The number of aromatic amines is 1. The van der Waals surface area contributed by atoms with Gasteiger partial charge in [0.25, 0.3) is 5.91 Å². The molecule has 2 aliphatic heterocycles. The van der Waals surface area contributed by atoms with Crippen LogP contribution in [-0.2, 0) is 0 Å². The number of H-pyrrole nitrogens is 1. The maximum Gasteiger partial charge on any atom is 0.256 e. The lowest BCUT2D eigenvalue weighted by Gasteiger charge is -2.28. The average molecular weight is 288 g/mol. The van der Waals surface area contributed by atoms with Crippen LogP contribution in [0.4, 0.5) is 4.39 Å². The molecule has 0 spiro atoms. The Morgan fingerprint density at radius 1 is 1.29 bits per heavy atom. The number of nitrogens with one attached hydrogen (secondary N) is 2. The normalized spacial score (nSPS) is 25.3. The van der Waals surface area contributed by atoms with Crippen molar-refractivity contribution in [3.8, 4) is 0 Å². The third-order valence-corrected chi connectivity index (χ3v) is 4.61. The van der Waals surface area contributed by atoms with E-state index in [9.17, 15) is 9.18 Å². The van der Waals surface area contributed by atoms with Crippen LogP contribution in [0.3, 0.4) is 0 Å². The molecule has 1 aromatic carbocycles. The molecule has 2 aliphatic rings. The summed E-state index contributed by atoms with van der Waals surface area (Å²) in [5.41, 5.74) is 1.49. The van der Waals surface area contributed by atoms with Gasteiger partial charge in [-0.25, -0.2) is 9.37 Å². The number of carbonyl (C=O) groups is 1. The smallest absolute Gasteiger partial charge is 0.256 e. The molecule has 2 N–H and O–H groups in total. The van der Waals surface area contributed by atoms with Gasteiger partial charge in [-0.2, -0.15) is 0 Å². The first-order valence-corrected chi connectivity index (χ1v) is 7.40. The summed E-state index contributed by atoms with van der Waals surface area (Å²) in [6, 6.07) is 3.15. The van der Waals surface area contributed by atoms with Crippen molar-refractivity contribution in [1.29, 1.82) is 0 Å². The number of hydrogen-bond acceptors (Lipinski definition) is 3. The maximum absolute atomic E-state index is 13.8. The van der Waals surface area contributed by atoms with Crippen molar-refractivity contribution in [2.24, 2.45) is 0 Å². The van der Waals surface area contributed by atoms with Crippen molar-refractivity contribution in [2.45, 2.75) is 31.3 Å². The minimum absolute atomic E-state index is 0.0946. The molecule has 2 atom stereocenters. The number of aromatic nitrogens is 2. The second kappa shape index (κ2) is 4.80. The van der Waals surface area contributed by atoms with Crippen molar-refractivity contribution in [1.82, 2.24) is 20.2 Å². The fourth-order valence-electron chi connectivity index (χ4n) is 3.63. The van der Waals surface area contributed by atoms with Crippen LogP contribution < -0.4 is 5.32 Å². The average Bonchev–Trinajstić information content (AvgIpc) is 3.00. The predicted octanol–water partition coefficient (Wildman–Crippen LogP) is 1.67. The van der Waals surface area contributed by atoms with Crippen molar-refractivity contribution in [3.63, 3.8) is 0 Å². The highest BCUT2D eigenvalue weighted by atomic mass is 19.1. The molecule has 21 heavy (non-hydrogen) atoms. The molecule has 2 bridgehead atoms. The Bertz CT molecular complexity index is 684. The summed E-state index contributed by atoms with van der Waals surface area (Å²) in [4.78, 5) is 22.0. The van der Waals surface area contributed by atoms with E-state index in [2.05, 4.69) is 15.3 Å². The number of carbonyl (C=O) groups excluding carboxylic acids is 1. The van der Waals surface area contributed by atoms with E-state index in [0.29, 0.717) is 16.6 Å². The largest absolute Gasteiger partial charge is 0.344 e. The first kappa shape index (κ1) is 12.8. The third-order valence-electron chi connectivity index (χ3n) is 4.61. The first-order chi connectivity index (χ1) is 10.2. The zero-order valence-corrected chi connectivity index (χ0v) is 11.6. The molecule has 0 saturated carbocycles. The lowest BCUT2D eigenvalue weighted by Crippen LogP contribution is -2.42. The van der Waals surface area contributed by atoms with Gasteiger partial charge in [0, 0.05) is 18.6 Å². The highest BCUT2D eigenvalue weighted by molar-refractivity contribution is 6.05. The van der Waals surface area contributed by atoms with Gasteiger partial charge in [0.15, 0.2) is 0 Å². The lowest BCUT2D eigenvalue weighted by atomic mass is 10.1. The number of rotatable bonds is 1. The number of benzene rings is 1. The van der Waals surface area contributed by atoms with Gasteiger partial charge < -0.3 is 15.2 Å². The first-order valence-electron chi connectivity index (χ1n) is 7.40. The van der Waals surface area contributed by atoms with Crippen LogP contribution >= 0.6 is 0 Å². The minimum Gasteiger partial charge on any atom is -0.344 e. The van der Waals surface area contributed by atoms with E-state index in [1.165, 1.54) is 18.5 Å². The van der Waals surface area contributed by atoms with E-state index in [-0.39, 0.29) is 18.0 Å². The third kappa shape index (κ3) is 2.01. The molecule has 5 nitrogen and oxygen atoms in total. The molecular formula is C15H17FN4O. The highest BCUT2D eigenvalue weighted by Gasteiger charge is 2.39. The second-order valence-electron chi connectivity index (χ2n) is 5.84. The van der Waals surface area contributed by atoms with E-state index >= 15 is 0 Å². The highest BCUT2D eigenvalue weighted by Crippen LogP contribution is 2.31. The Balaban J connectivity index is 1.77. The number of halogens is 1. The molecule has 1 aromatic heterocycles. The Hall–Kier alpha value is -1.95. The molecule has 4 rings (SSSR count). The van der Waals surface area contributed by atoms with Crippen LogP contribution in [0.15, 0.2) is 18.5 Å². The van der Waals surface area contributed by atoms with Crippen molar-refractivity contribution in [3.05, 3.63) is 29.8 Å². The van der Waals surface area contributed by atoms with Crippen LogP contribution in [-0.4, -0.2) is 45.9 Å². The molecule has 0 radical (unpaired) electrons. The van der Waals surface area contributed by atoms with Gasteiger partial charge in [-0.15, -0.1) is 0 Å². The van der Waals surface area contributed by atoms with Crippen LogP contribution in [0, 0.1) is 5.82 Å². The summed E-state index contributed by atoms with van der Waals surface area (Å²) in [7, 11) is 0. The summed E-state index contributed by atoms with van der Waals surface area (Å²) in [5, 5.41) is 3.37. The van der Waals surface area contributed by atoms with Crippen LogP contribution in [0.1, 0.15) is 29.6 Å². The van der Waals surface area contributed by atoms with Crippen LogP contribution in [0.2, 0.25) is 0 Å². The van der Waals surface area contributed by atoms with Gasteiger partial charge in [-0.1, -0.05) is 0 Å². The van der Waals surface area contributed by atoms with E-state index in [1.807, 2.05) is 4.90 Å². The van der Waals surface area contributed by atoms with Crippen molar-refractivity contribution in [2.75, 3.05) is 13.1 Å². The van der Waals surface area contributed by atoms with Gasteiger partial charge in [0.2, 0.25) is 0 Å². The zero-order valence-electron chi connectivity index (χ0n) is 11.6. The fraction of sp³-hybridized carbons (Fsp3) is 0.467. The lowest BCUT2D eigenvalue weighted by molar-refractivity contribution is 0.0681. The molecule has 6 heteroatoms. The molecule has 2 aromatic rings. The molecule has 3 heterocycles. The number of hydrogen-bond donors (Lipinski definition) is 2. The Kier molecular flexibility index (Phi) is 2.92. The predicted molar refractivity (Wildman–Crippen MR) is 76.5 cm³/mol. The molecule has 1 amide bonds. The van der Waals surface area contributed by atoms with E-state index in [0.717, 1.165) is 32.4 Å². The topological polar surface area (TPSA) is 61.0 Å². The Morgan fingerprint density at radius 2 is 2.14 bits per heavy atom. The molecule has 2 saturated heterocycles. The maximum atomic E-state index is 13.8. The molecular weight excluding hydrogens is 271 g/mol. The Labute approximate surface area is 121 Å². The zero-order chi connectivity index (χ0) is 14.4. The molecule has 0 aliphatic carbocycles. The van der Waals surface area contributed by atoms with Crippen molar-refractivity contribution < 1.29 is 9.18 Å². The number of imidazole rings is 1. The molecule has 2 unspecified atom stereocenters. The minimum atomic E-state index is -0.407. The van der Waals surface area contributed by atoms with E-state index < -0.39 is 5.82 Å². The summed E-state index contributed by atoms with van der Waals surface area (Å²) in [6.07, 6.45) is 4.51. The summed E-state index contributed by atoms with van der Waals surface area (Å²) in [5.74, 6) is -0.502.